The summed E-state index contributed by atoms with van der Waals surface area (Å²) in [4.78, 5) is 29.5. The quantitative estimate of drug-likeness (QED) is 0.807. The number of nitrogens with one attached hydrogen (secondary N) is 1. The van der Waals surface area contributed by atoms with Crippen molar-refractivity contribution in [2.75, 3.05) is 32.8 Å². The van der Waals surface area contributed by atoms with Crippen LogP contribution in [0.2, 0.25) is 0 Å². The molecule has 0 unspecified atom stereocenters. The lowest BCUT2D eigenvalue weighted by molar-refractivity contribution is -0.148. The molecule has 1 aliphatic heterocycles. The number of aromatic nitrogens is 1. The number of rotatable bonds is 4. The van der Waals surface area contributed by atoms with Crippen molar-refractivity contribution in [2.45, 2.75) is 19.8 Å². The standard InChI is InChI=1S/C13H19N3O3S/c1-2-10-9-20-11(15-10)3-4-14-12(17)13(18)16-5-7-19-8-6-16/h9H,2-8H2,1H3,(H,14,17). The summed E-state index contributed by atoms with van der Waals surface area (Å²) < 4.78 is 5.15. The van der Waals surface area contributed by atoms with E-state index in [1.165, 1.54) is 4.90 Å². The Bertz CT molecular complexity index is 469. The lowest BCUT2D eigenvalue weighted by Crippen LogP contribution is -2.48. The fourth-order valence-electron chi connectivity index (χ4n) is 1.89. The first kappa shape index (κ1) is 14.9. The monoisotopic (exact) mass is 297 g/mol. The normalized spacial score (nSPS) is 15.2. The van der Waals surface area contributed by atoms with Gasteiger partial charge in [0, 0.05) is 31.4 Å². The fraction of sp³-hybridized carbons (Fsp3) is 0.615. The molecule has 1 aromatic heterocycles. The number of morpholine rings is 1. The zero-order valence-corrected chi connectivity index (χ0v) is 12.4. The van der Waals surface area contributed by atoms with Gasteiger partial charge in [0.15, 0.2) is 0 Å². The summed E-state index contributed by atoms with van der Waals surface area (Å²) >= 11 is 1.59. The fourth-order valence-corrected chi connectivity index (χ4v) is 2.78. The van der Waals surface area contributed by atoms with Crippen LogP contribution in [0.3, 0.4) is 0 Å². The van der Waals surface area contributed by atoms with Gasteiger partial charge in [0.1, 0.15) is 0 Å². The average molecular weight is 297 g/mol. The molecule has 1 fully saturated rings. The smallest absolute Gasteiger partial charge is 0.312 e. The Morgan fingerprint density at radius 1 is 1.45 bits per heavy atom. The summed E-state index contributed by atoms with van der Waals surface area (Å²) in [5.74, 6) is -1.01. The van der Waals surface area contributed by atoms with E-state index in [4.69, 9.17) is 4.74 Å². The van der Waals surface area contributed by atoms with Gasteiger partial charge >= 0.3 is 11.8 Å². The van der Waals surface area contributed by atoms with Crippen LogP contribution < -0.4 is 5.32 Å². The van der Waals surface area contributed by atoms with Gasteiger partial charge in [-0.1, -0.05) is 6.92 Å². The second-order valence-electron chi connectivity index (χ2n) is 4.50. The summed E-state index contributed by atoms with van der Waals surface area (Å²) in [6.07, 6.45) is 1.57. The highest BCUT2D eigenvalue weighted by Gasteiger charge is 2.23. The zero-order chi connectivity index (χ0) is 14.4. The van der Waals surface area contributed by atoms with E-state index in [1.54, 1.807) is 11.3 Å². The SMILES string of the molecule is CCc1csc(CCNC(=O)C(=O)N2CCOCC2)n1. The zero-order valence-electron chi connectivity index (χ0n) is 11.6. The van der Waals surface area contributed by atoms with E-state index < -0.39 is 11.8 Å². The van der Waals surface area contributed by atoms with Crippen molar-refractivity contribution in [1.82, 2.24) is 15.2 Å². The molecule has 20 heavy (non-hydrogen) atoms. The van der Waals surface area contributed by atoms with Gasteiger partial charge in [-0.15, -0.1) is 11.3 Å². The highest BCUT2D eigenvalue weighted by molar-refractivity contribution is 7.09. The van der Waals surface area contributed by atoms with Crippen molar-refractivity contribution < 1.29 is 14.3 Å². The molecule has 1 N–H and O–H groups in total. The Kier molecular flexibility index (Phi) is 5.49. The van der Waals surface area contributed by atoms with E-state index in [9.17, 15) is 9.59 Å². The lowest BCUT2D eigenvalue weighted by atomic mass is 10.3. The van der Waals surface area contributed by atoms with Crippen molar-refractivity contribution in [3.05, 3.63) is 16.1 Å². The van der Waals surface area contributed by atoms with Gasteiger partial charge in [0.05, 0.1) is 23.9 Å². The van der Waals surface area contributed by atoms with E-state index >= 15 is 0 Å². The Morgan fingerprint density at radius 3 is 2.85 bits per heavy atom. The molecule has 0 saturated carbocycles. The van der Waals surface area contributed by atoms with Crippen LogP contribution in [-0.4, -0.2) is 54.5 Å². The predicted octanol–water partition coefficient (Wildman–Crippen LogP) is 0.223. The number of amides is 2. The summed E-state index contributed by atoms with van der Waals surface area (Å²) in [7, 11) is 0. The van der Waals surface area contributed by atoms with Crippen molar-refractivity contribution in [3.63, 3.8) is 0 Å². The number of nitrogens with zero attached hydrogens (tertiary/aromatic N) is 2. The minimum Gasteiger partial charge on any atom is -0.378 e. The molecule has 0 atom stereocenters. The molecule has 0 radical (unpaired) electrons. The van der Waals surface area contributed by atoms with Crippen LogP contribution in [0, 0.1) is 0 Å². The molecule has 1 saturated heterocycles. The number of hydrogen-bond acceptors (Lipinski definition) is 5. The van der Waals surface area contributed by atoms with Gasteiger partial charge in [-0.3, -0.25) is 9.59 Å². The summed E-state index contributed by atoms with van der Waals surface area (Å²) in [5.41, 5.74) is 1.07. The van der Waals surface area contributed by atoms with Crippen molar-refractivity contribution in [3.8, 4) is 0 Å². The summed E-state index contributed by atoms with van der Waals surface area (Å²) in [6, 6.07) is 0. The van der Waals surface area contributed by atoms with Crippen LogP contribution >= 0.6 is 11.3 Å². The molecular weight excluding hydrogens is 278 g/mol. The van der Waals surface area contributed by atoms with Crippen LogP contribution in [0.15, 0.2) is 5.38 Å². The molecule has 1 aromatic rings. The lowest BCUT2D eigenvalue weighted by Gasteiger charge is -2.26. The largest absolute Gasteiger partial charge is 0.378 e. The molecule has 0 aliphatic carbocycles. The first-order valence-electron chi connectivity index (χ1n) is 6.79. The maximum Gasteiger partial charge on any atom is 0.312 e. The number of hydrogen-bond donors (Lipinski definition) is 1. The van der Waals surface area contributed by atoms with Gasteiger partial charge in [-0.2, -0.15) is 0 Å². The highest BCUT2D eigenvalue weighted by Crippen LogP contribution is 2.10. The van der Waals surface area contributed by atoms with E-state index in [2.05, 4.69) is 17.2 Å². The van der Waals surface area contributed by atoms with Gasteiger partial charge in [-0.05, 0) is 6.42 Å². The maximum absolute atomic E-state index is 11.8. The molecular formula is C13H19N3O3S. The number of carbonyl (C=O) groups excluding carboxylic acids is 2. The van der Waals surface area contributed by atoms with Crippen LogP contribution in [0.25, 0.3) is 0 Å². The van der Waals surface area contributed by atoms with Crippen LogP contribution in [0.4, 0.5) is 0 Å². The molecule has 2 amide bonds. The first-order chi connectivity index (χ1) is 9.70. The molecule has 110 valence electrons. The summed E-state index contributed by atoms with van der Waals surface area (Å²) in [6.45, 7) is 4.46. The van der Waals surface area contributed by atoms with E-state index in [0.717, 1.165) is 17.1 Å². The number of thiazole rings is 1. The third-order valence-electron chi connectivity index (χ3n) is 3.08. The molecule has 0 bridgehead atoms. The molecule has 0 spiro atoms. The third-order valence-corrected chi connectivity index (χ3v) is 4.04. The minimum atomic E-state index is -0.542. The van der Waals surface area contributed by atoms with E-state index in [1.807, 2.05) is 5.38 Å². The van der Waals surface area contributed by atoms with E-state index in [-0.39, 0.29) is 0 Å². The Morgan fingerprint density at radius 2 is 2.20 bits per heavy atom. The van der Waals surface area contributed by atoms with E-state index in [0.29, 0.717) is 39.3 Å². The second kappa shape index (κ2) is 7.35. The topological polar surface area (TPSA) is 71.5 Å². The minimum absolute atomic E-state index is 0.436. The first-order valence-corrected chi connectivity index (χ1v) is 7.66. The highest BCUT2D eigenvalue weighted by atomic mass is 32.1. The molecule has 1 aliphatic rings. The predicted molar refractivity (Wildman–Crippen MR) is 75.6 cm³/mol. The molecule has 2 rings (SSSR count). The molecule has 6 nitrogen and oxygen atoms in total. The van der Waals surface area contributed by atoms with Crippen molar-refractivity contribution in [2.24, 2.45) is 0 Å². The molecule has 2 heterocycles. The van der Waals surface area contributed by atoms with Crippen LogP contribution in [-0.2, 0) is 27.2 Å². The number of aryl methyl sites for hydroxylation is 1. The Labute approximate surface area is 122 Å². The maximum atomic E-state index is 11.8. The van der Waals surface area contributed by atoms with Crippen molar-refractivity contribution >= 4 is 23.2 Å². The Hall–Kier alpha value is -1.47. The molecule has 7 heteroatoms. The Balaban J connectivity index is 1.72. The number of carbonyl (C=O) groups is 2. The third kappa shape index (κ3) is 4.01. The average Bonchev–Trinajstić information content (AvgIpc) is 2.95. The van der Waals surface area contributed by atoms with Crippen LogP contribution in [0.5, 0.6) is 0 Å². The van der Waals surface area contributed by atoms with Crippen LogP contribution in [0.1, 0.15) is 17.6 Å². The van der Waals surface area contributed by atoms with Gasteiger partial charge in [0.2, 0.25) is 0 Å². The summed E-state index contributed by atoms with van der Waals surface area (Å²) in [5, 5.41) is 5.66. The molecule has 0 aromatic carbocycles. The second-order valence-corrected chi connectivity index (χ2v) is 5.44. The van der Waals surface area contributed by atoms with Gasteiger partial charge in [-0.25, -0.2) is 4.98 Å². The van der Waals surface area contributed by atoms with Gasteiger partial charge < -0.3 is 15.0 Å². The number of ether oxygens (including phenoxy) is 1. The van der Waals surface area contributed by atoms with Gasteiger partial charge in [0.25, 0.3) is 0 Å². The van der Waals surface area contributed by atoms with Crippen molar-refractivity contribution in [1.29, 1.82) is 0 Å².